The average Bonchev–Trinajstić information content (AvgIpc) is 2.01. The third-order valence-corrected chi connectivity index (χ3v) is 3.96. The van der Waals surface area contributed by atoms with Crippen molar-refractivity contribution in [1.82, 2.24) is 5.32 Å². The first-order chi connectivity index (χ1) is 5.79. The lowest BCUT2D eigenvalue weighted by atomic mass is 10.1. The van der Waals surface area contributed by atoms with Crippen LogP contribution in [0.25, 0.3) is 0 Å². The molecule has 0 rings (SSSR count). The molecule has 1 atom stereocenters. The quantitative estimate of drug-likeness (QED) is 0.587. The molecule has 0 aromatic carbocycles. The number of hydrogen-bond acceptors (Lipinski definition) is 2. The second-order valence-corrected chi connectivity index (χ2v) is 5.11. The van der Waals surface area contributed by atoms with Crippen LogP contribution >= 0.6 is 7.60 Å². The Hall–Kier alpha value is -0.380. The minimum absolute atomic E-state index is 0.114. The highest BCUT2D eigenvalue weighted by molar-refractivity contribution is 7.54. The predicted molar refractivity (Wildman–Crippen MR) is 49.4 cm³/mol. The summed E-state index contributed by atoms with van der Waals surface area (Å²) in [6, 6.07) is 0. The van der Waals surface area contributed by atoms with Crippen LogP contribution in [0.2, 0.25) is 0 Å². The van der Waals surface area contributed by atoms with Gasteiger partial charge in [0.15, 0.2) is 0 Å². The zero-order chi connectivity index (χ0) is 10.7. The third kappa shape index (κ3) is 2.53. The first-order valence-corrected chi connectivity index (χ1v) is 5.74. The van der Waals surface area contributed by atoms with Gasteiger partial charge in [-0.1, -0.05) is 6.92 Å². The fraction of sp³-hybridized carbons (Fsp3) is 0.857. The minimum Gasteiger partial charge on any atom is -0.355 e. The van der Waals surface area contributed by atoms with Gasteiger partial charge >= 0.3 is 7.60 Å². The van der Waals surface area contributed by atoms with Gasteiger partial charge in [0.1, 0.15) is 5.16 Å². The van der Waals surface area contributed by atoms with Crippen LogP contribution in [0.15, 0.2) is 0 Å². The summed E-state index contributed by atoms with van der Waals surface area (Å²) in [4.78, 5) is 29.3. The molecule has 5 nitrogen and oxygen atoms in total. The van der Waals surface area contributed by atoms with E-state index in [0.29, 0.717) is 6.54 Å². The summed E-state index contributed by atoms with van der Waals surface area (Å²) < 4.78 is 11.0. The molecule has 0 spiro atoms. The molecule has 0 radical (unpaired) electrons. The monoisotopic (exact) mass is 209 g/mol. The molecule has 6 heteroatoms. The van der Waals surface area contributed by atoms with Gasteiger partial charge in [-0.3, -0.25) is 9.36 Å². The average molecular weight is 209 g/mol. The highest BCUT2D eigenvalue weighted by Crippen LogP contribution is 2.52. The van der Waals surface area contributed by atoms with E-state index in [4.69, 9.17) is 9.79 Å². The van der Waals surface area contributed by atoms with Crippen molar-refractivity contribution in [2.24, 2.45) is 0 Å². The highest BCUT2D eigenvalue weighted by Gasteiger charge is 2.47. The van der Waals surface area contributed by atoms with E-state index in [0.717, 1.165) is 0 Å². The molecule has 0 bridgehead atoms. The van der Waals surface area contributed by atoms with E-state index >= 15 is 0 Å². The van der Waals surface area contributed by atoms with Gasteiger partial charge in [0.25, 0.3) is 0 Å². The molecule has 78 valence electrons. The van der Waals surface area contributed by atoms with Crippen LogP contribution in [0.1, 0.15) is 27.2 Å². The lowest BCUT2D eigenvalue weighted by molar-refractivity contribution is -0.123. The zero-order valence-electron chi connectivity index (χ0n) is 8.07. The molecule has 1 amide bonds. The van der Waals surface area contributed by atoms with Gasteiger partial charge in [-0.25, -0.2) is 0 Å². The van der Waals surface area contributed by atoms with E-state index in [1.54, 1.807) is 13.8 Å². The number of carbonyl (C=O) groups is 1. The Morgan fingerprint density at radius 3 is 2.15 bits per heavy atom. The Morgan fingerprint density at radius 2 is 1.92 bits per heavy atom. The molecular weight excluding hydrogens is 193 g/mol. The number of rotatable bonds is 4. The molecule has 0 aromatic heterocycles. The number of carbonyl (C=O) groups excluding carboxylic acids is 1. The van der Waals surface area contributed by atoms with Crippen molar-refractivity contribution in [2.45, 2.75) is 32.3 Å². The third-order valence-electron chi connectivity index (χ3n) is 2.16. The normalized spacial score (nSPS) is 16.4. The van der Waals surface area contributed by atoms with Crippen LogP contribution in [-0.2, 0) is 9.36 Å². The fourth-order valence-electron chi connectivity index (χ4n) is 0.850. The maximum absolute atomic E-state index is 11.3. The molecule has 0 fully saturated rings. The Balaban J connectivity index is 4.85. The Kier molecular flexibility index (Phi) is 4.10. The van der Waals surface area contributed by atoms with E-state index in [1.807, 2.05) is 0 Å². The zero-order valence-corrected chi connectivity index (χ0v) is 8.97. The van der Waals surface area contributed by atoms with Crippen LogP contribution in [0, 0.1) is 0 Å². The van der Waals surface area contributed by atoms with E-state index < -0.39 is 18.7 Å². The van der Waals surface area contributed by atoms with Gasteiger partial charge in [0.2, 0.25) is 5.91 Å². The molecule has 0 aliphatic carbocycles. The van der Waals surface area contributed by atoms with E-state index in [-0.39, 0.29) is 6.42 Å². The molecule has 0 saturated heterocycles. The SMILES string of the molecule is CCNC(=O)C(C)(CC)P(=O)(O)O. The number of hydrogen-bond donors (Lipinski definition) is 3. The highest BCUT2D eigenvalue weighted by atomic mass is 31.2. The Bertz CT molecular complexity index is 237. The van der Waals surface area contributed by atoms with Crippen LogP contribution in [0.4, 0.5) is 0 Å². The number of nitrogens with one attached hydrogen (secondary N) is 1. The van der Waals surface area contributed by atoms with Crippen LogP contribution in [0.3, 0.4) is 0 Å². The van der Waals surface area contributed by atoms with Crippen molar-refractivity contribution in [1.29, 1.82) is 0 Å². The second kappa shape index (κ2) is 4.22. The molecule has 0 saturated carbocycles. The predicted octanol–water partition coefficient (Wildman–Crippen LogP) is 0.469. The lowest BCUT2D eigenvalue weighted by Gasteiger charge is -2.27. The van der Waals surface area contributed by atoms with E-state index in [1.165, 1.54) is 6.92 Å². The lowest BCUT2D eigenvalue weighted by Crippen LogP contribution is -2.43. The van der Waals surface area contributed by atoms with Gasteiger partial charge in [-0.05, 0) is 20.3 Å². The second-order valence-electron chi connectivity index (χ2n) is 3.03. The van der Waals surface area contributed by atoms with Crippen molar-refractivity contribution in [2.75, 3.05) is 6.54 Å². The van der Waals surface area contributed by atoms with Crippen molar-refractivity contribution in [3.8, 4) is 0 Å². The summed E-state index contributed by atoms with van der Waals surface area (Å²) in [7, 11) is -4.39. The number of amides is 1. The Labute approximate surface area is 77.7 Å². The van der Waals surface area contributed by atoms with Crippen molar-refractivity contribution < 1.29 is 19.1 Å². The summed E-state index contributed by atoms with van der Waals surface area (Å²) in [5.74, 6) is -0.592. The molecule has 0 heterocycles. The molecule has 3 N–H and O–H groups in total. The summed E-state index contributed by atoms with van der Waals surface area (Å²) in [6.07, 6.45) is 0.114. The van der Waals surface area contributed by atoms with Crippen LogP contribution in [-0.4, -0.2) is 27.4 Å². The van der Waals surface area contributed by atoms with Gasteiger partial charge in [0.05, 0.1) is 0 Å². The minimum atomic E-state index is -4.39. The molecule has 0 aliphatic heterocycles. The van der Waals surface area contributed by atoms with Gasteiger partial charge in [0, 0.05) is 6.54 Å². The topological polar surface area (TPSA) is 86.6 Å². The summed E-state index contributed by atoms with van der Waals surface area (Å²) in [5, 5.41) is 0.818. The Morgan fingerprint density at radius 1 is 1.46 bits per heavy atom. The molecule has 0 aliphatic rings. The van der Waals surface area contributed by atoms with E-state index in [9.17, 15) is 9.36 Å². The first kappa shape index (κ1) is 12.6. The van der Waals surface area contributed by atoms with Gasteiger partial charge < -0.3 is 15.1 Å². The summed E-state index contributed by atoms with van der Waals surface area (Å²) >= 11 is 0. The standard InChI is InChI=1S/C7H16NO4P/c1-4-7(3,13(10,11)12)6(9)8-5-2/h4-5H2,1-3H3,(H,8,9)(H2,10,11,12). The van der Waals surface area contributed by atoms with Crippen LogP contribution < -0.4 is 5.32 Å². The molecule has 1 unspecified atom stereocenters. The van der Waals surface area contributed by atoms with E-state index in [2.05, 4.69) is 5.32 Å². The summed E-state index contributed by atoms with van der Waals surface area (Å²) in [5.41, 5.74) is 0. The molecule has 13 heavy (non-hydrogen) atoms. The van der Waals surface area contributed by atoms with Gasteiger partial charge in [-0.15, -0.1) is 0 Å². The summed E-state index contributed by atoms with van der Waals surface area (Å²) in [6.45, 7) is 4.93. The van der Waals surface area contributed by atoms with Crippen molar-refractivity contribution >= 4 is 13.5 Å². The van der Waals surface area contributed by atoms with Crippen molar-refractivity contribution in [3.05, 3.63) is 0 Å². The maximum Gasteiger partial charge on any atom is 0.340 e. The van der Waals surface area contributed by atoms with Crippen LogP contribution in [0.5, 0.6) is 0 Å². The fourth-order valence-corrected chi connectivity index (χ4v) is 1.61. The maximum atomic E-state index is 11.3. The smallest absolute Gasteiger partial charge is 0.340 e. The molecular formula is C7H16NO4P. The van der Waals surface area contributed by atoms with Gasteiger partial charge in [-0.2, -0.15) is 0 Å². The van der Waals surface area contributed by atoms with Crippen molar-refractivity contribution in [3.63, 3.8) is 0 Å². The first-order valence-electron chi connectivity index (χ1n) is 4.13. The molecule has 0 aromatic rings. The largest absolute Gasteiger partial charge is 0.355 e.